The van der Waals surface area contributed by atoms with Gasteiger partial charge < -0.3 is 0 Å². The van der Waals surface area contributed by atoms with Crippen molar-refractivity contribution in [3.63, 3.8) is 0 Å². The fourth-order valence-electron chi connectivity index (χ4n) is 1.74. The zero-order chi connectivity index (χ0) is 10.3. The van der Waals surface area contributed by atoms with Gasteiger partial charge in [-0.3, -0.25) is 9.97 Å². The van der Waals surface area contributed by atoms with Gasteiger partial charge >= 0.3 is 0 Å². The Labute approximate surface area is 91.5 Å². The van der Waals surface area contributed by atoms with E-state index in [9.17, 15) is 0 Å². The van der Waals surface area contributed by atoms with Crippen LogP contribution in [-0.4, -0.2) is 9.97 Å². The highest BCUT2D eigenvalue weighted by molar-refractivity contribution is 6.37. The van der Waals surface area contributed by atoms with Crippen LogP contribution in [0, 0.1) is 0 Å². The average Bonchev–Trinajstić information content (AvgIpc) is 2.30. The molecule has 0 fully saturated rings. The average molecular weight is 215 g/mol. The molecule has 0 aliphatic rings. The van der Waals surface area contributed by atoms with Crippen molar-refractivity contribution in [2.45, 2.75) is 0 Å². The normalized spacial score (nSPS) is 11.0. The molecule has 0 amide bonds. The smallest absolute Gasteiger partial charge is 0.0810 e. The zero-order valence-corrected chi connectivity index (χ0v) is 8.57. The fraction of sp³-hybridized carbons (Fsp3) is 0. The molecule has 0 unspecified atom stereocenters. The van der Waals surface area contributed by atoms with Gasteiger partial charge in [-0.1, -0.05) is 11.6 Å². The Bertz CT molecular complexity index is 649. The first kappa shape index (κ1) is 8.62. The van der Waals surface area contributed by atoms with Crippen LogP contribution in [0.15, 0.2) is 42.7 Å². The molecule has 0 saturated carbocycles. The Hall–Kier alpha value is -1.67. The summed E-state index contributed by atoms with van der Waals surface area (Å²) in [5.74, 6) is 0. The third-order valence-electron chi connectivity index (χ3n) is 2.42. The third kappa shape index (κ3) is 1.26. The van der Waals surface area contributed by atoms with Gasteiger partial charge in [0.05, 0.1) is 16.1 Å². The van der Waals surface area contributed by atoms with Crippen LogP contribution in [0.4, 0.5) is 0 Å². The molecule has 15 heavy (non-hydrogen) atoms. The van der Waals surface area contributed by atoms with Gasteiger partial charge in [-0.25, -0.2) is 0 Å². The van der Waals surface area contributed by atoms with Crippen molar-refractivity contribution in [3.05, 3.63) is 47.7 Å². The maximum Gasteiger partial charge on any atom is 0.0810 e. The second kappa shape index (κ2) is 3.17. The molecule has 0 N–H and O–H groups in total. The summed E-state index contributed by atoms with van der Waals surface area (Å²) in [4.78, 5) is 8.61. The Kier molecular flexibility index (Phi) is 1.82. The van der Waals surface area contributed by atoms with Crippen molar-refractivity contribution in [2.75, 3.05) is 0 Å². The second-order valence-corrected chi connectivity index (χ2v) is 3.74. The molecular formula is C12H7ClN2. The predicted octanol–water partition coefficient (Wildman–Crippen LogP) is 3.44. The van der Waals surface area contributed by atoms with Gasteiger partial charge in [0.2, 0.25) is 0 Å². The molecule has 2 heterocycles. The molecule has 0 aliphatic carbocycles. The van der Waals surface area contributed by atoms with Crippen molar-refractivity contribution < 1.29 is 0 Å². The summed E-state index contributed by atoms with van der Waals surface area (Å²) >= 11 is 6.16. The first-order chi connectivity index (χ1) is 7.36. The lowest BCUT2D eigenvalue weighted by molar-refractivity contribution is 1.39. The summed E-state index contributed by atoms with van der Waals surface area (Å²) in [6.45, 7) is 0. The maximum absolute atomic E-state index is 6.16. The topological polar surface area (TPSA) is 25.8 Å². The van der Waals surface area contributed by atoms with Crippen LogP contribution in [0.5, 0.6) is 0 Å². The Morgan fingerprint density at radius 1 is 0.933 bits per heavy atom. The van der Waals surface area contributed by atoms with E-state index < -0.39 is 0 Å². The van der Waals surface area contributed by atoms with Crippen molar-refractivity contribution in [2.24, 2.45) is 0 Å². The predicted molar refractivity (Wildman–Crippen MR) is 62.1 cm³/mol. The minimum Gasteiger partial charge on any atom is -0.256 e. The number of fused-ring (bicyclic) bond motifs is 3. The Morgan fingerprint density at radius 3 is 2.53 bits per heavy atom. The lowest BCUT2D eigenvalue weighted by Gasteiger charge is -2.03. The van der Waals surface area contributed by atoms with Gasteiger partial charge in [-0.2, -0.15) is 0 Å². The van der Waals surface area contributed by atoms with Gasteiger partial charge in [0, 0.05) is 23.2 Å². The van der Waals surface area contributed by atoms with Crippen LogP contribution in [-0.2, 0) is 0 Å². The van der Waals surface area contributed by atoms with E-state index in [1.165, 1.54) is 0 Å². The summed E-state index contributed by atoms with van der Waals surface area (Å²) in [6, 6.07) is 9.65. The van der Waals surface area contributed by atoms with E-state index in [1.54, 1.807) is 12.4 Å². The van der Waals surface area contributed by atoms with Crippen LogP contribution < -0.4 is 0 Å². The van der Waals surface area contributed by atoms with E-state index in [-0.39, 0.29) is 0 Å². The first-order valence-electron chi connectivity index (χ1n) is 4.64. The number of hydrogen-bond acceptors (Lipinski definition) is 2. The summed E-state index contributed by atoms with van der Waals surface area (Å²) in [5.41, 5.74) is 1.79. The van der Waals surface area contributed by atoms with E-state index >= 15 is 0 Å². The molecule has 0 aliphatic heterocycles. The van der Waals surface area contributed by atoms with E-state index in [0.717, 1.165) is 21.8 Å². The summed E-state index contributed by atoms with van der Waals surface area (Å²) in [6.07, 6.45) is 3.53. The van der Waals surface area contributed by atoms with Crippen LogP contribution in [0.1, 0.15) is 0 Å². The Balaban J connectivity index is 2.64. The van der Waals surface area contributed by atoms with E-state index in [0.29, 0.717) is 5.02 Å². The molecule has 0 bridgehead atoms. The third-order valence-corrected chi connectivity index (χ3v) is 2.73. The number of rotatable bonds is 0. The largest absolute Gasteiger partial charge is 0.256 e. The molecule has 0 spiro atoms. The molecule has 2 aromatic heterocycles. The van der Waals surface area contributed by atoms with Crippen LogP contribution in [0.25, 0.3) is 21.8 Å². The first-order valence-corrected chi connectivity index (χ1v) is 5.02. The molecule has 0 atom stereocenters. The highest BCUT2D eigenvalue weighted by Gasteiger charge is 2.05. The van der Waals surface area contributed by atoms with Gasteiger partial charge in [0.1, 0.15) is 0 Å². The summed E-state index contributed by atoms with van der Waals surface area (Å²) in [5, 5.41) is 2.71. The summed E-state index contributed by atoms with van der Waals surface area (Å²) in [7, 11) is 0. The molecule has 2 nitrogen and oxygen atoms in total. The van der Waals surface area contributed by atoms with Gasteiger partial charge in [-0.15, -0.1) is 0 Å². The maximum atomic E-state index is 6.16. The van der Waals surface area contributed by atoms with E-state index in [1.807, 2.05) is 30.3 Å². The van der Waals surface area contributed by atoms with Gasteiger partial charge in [0.15, 0.2) is 0 Å². The van der Waals surface area contributed by atoms with Crippen molar-refractivity contribution in [3.8, 4) is 0 Å². The number of aromatic nitrogens is 2. The van der Waals surface area contributed by atoms with Crippen LogP contribution in [0.2, 0.25) is 5.02 Å². The quantitative estimate of drug-likeness (QED) is 0.536. The number of halogens is 1. The van der Waals surface area contributed by atoms with Crippen LogP contribution >= 0.6 is 11.6 Å². The molecule has 0 saturated heterocycles. The Morgan fingerprint density at radius 2 is 1.67 bits per heavy atom. The van der Waals surface area contributed by atoms with Crippen molar-refractivity contribution >= 4 is 33.4 Å². The molecule has 3 aromatic rings. The van der Waals surface area contributed by atoms with Gasteiger partial charge in [-0.05, 0) is 30.3 Å². The SMILES string of the molecule is Clc1cc2ncccc2c2ncccc12. The lowest BCUT2D eigenvalue weighted by Crippen LogP contribution is -1.84. The van der Waals surface area contributed by atoms with Gasteiger partial charge in [0.25, 0.3) is 0 Å². The van der Waals surface area contributed by atoms with Crippen molar-refractivity contribution in [1.29, 1.82) is 0 Å². The van der Waals surface area contributed by atoms with Crippen LogP contribution in [0.3, 0.4) is 0 Å². The number of benzene rings is 1. The zero-order valence-electron chi connectivity index (χ0n) is 7.81. The molecule has 0 radical (unpaired) electrons. The number of pyridine rings is 2. The molecule has 1 aromatic carbocycles. The lowest BCUT2D eigenvalue weighted by atomic mass is 10.1. The minimum atomic E-state index is 0.698. The monoisotopic (exact) mass is 214 g/mol. The number of nitrogens with zero attached hydrogens (tertiary/aromatic N) is 2. The standard InChI is InChI=1S/C12H7ClN2/c13-10-7-11-9(4-2-5-14-11)12-8(10)3-1-6-15-12/h1-7H. The second-order valence-electron chi connectivity index (χ2n) is 3.33. The highest BCUT2D eigenvalue weighted by Crippen LogP contribution is 2.28. The highest BCUT2D eigenvalue weighted by atomic mass is 35.5. The molecule has 72 valence electrons. The molecule has 3 heteroatoms. The van der Waals surface area contributed by atoms with E-state index in [4.69, 9.17) is 11.6 Å². The fourth-order valence-corrected chi connectivity index (χ4v) is 2.00. The summed E-state index contributed by atoms with van der Waals surface area (Å²) < 4.78 is 0. The molecule has 3 rings (SSSR count). The minimum absolute atomic E-state index is 0.698. The van der Waals surface area contributed by atoms with E-state index in [2.05, 4.69) is 9.97 Å². The number of hydrogen-bond donors (Lipinski definition) is 0. The molecular weight excluding hydrogens is 208 g/mol. The van der Waals surface area contributed by atoms with Crippen molar-refractivity contribution in [1.82, 2.24) is 9.97 Å².